The highest BCUT2D eigenvalue weighted by atomic mass is 19.1. The smallest absolute Gasteiger partial charge is 0.241 e. The molecule has 0 saturated heterocycles. The third-order valence-electron chi connectivity index (χ3n) is 2.12. The second-order valence-electron chi connectivity index (χ2n) is 3.51. The van der Waals surface area contributed by atoms with Crippen LogP contribution in [0.4, 0.5) is 14.5 Å². The van der Waals surface area contributed by atoms with Crippen molar-refractivity contribution in [3.8, 4) is 0 Å². The number of amides is 1. The minimum atomic E-state index is -0.701. The number of nitrogens with two attached hydrogens (primary N) is 1. The van der Waals surface area contributed by atoms with Crippen molar-refractivity contribution in [2.75, 3.05) is 5.32 Å². The third-order valence-corrected chi connectivity index (χ3v) is 2.12. The van der Waals surface area contributed by atoms with Crippen LogP contribution in [0.1, 0.15) is 19.8 Å². The van der Waals surface area contributed by atoms with E-state index in [9.17, 15) is 13.6 Å². The summed E-state index contributed by atoms with van der Waals surface area (Å²) in [5.74, 6) is -1.80. The molecule has 0 saturated carbocycles. The van der Waals surface area contributed by atoms with Crippen molar-refractivity contribution in [3.63, 3.8) is 0 Å². The van der Waals surface area contributed by atoms with Gasteiger partial charge in [0.05, 0.1) is 11.7 Å². The summed E-state index contributed by atoms with van der Waals surface area (Å²) >= 11 is 0. The Morgan fingerprint density at radius 3 is 2.81 bits per heavy atom. The van der Waals surface area contributed by atoms with E-state index in [2.05, 4.69) is 5.32 Å². The van der Waals surface area contributed by atoms with E-state index >= 15 is 0 Å². The second kappa shape index (κ2) is 5.55. The van der Waals surface area contributed by atoms with Crippen LogP contribution >= 0.6 is 0 Å². The largest absolute Gasteiger partial charge is 0.322 e. The lowest BCUT2D eigenvalue weighted by atomic mass is 10.1. The van der Waals surface area contributed by atoms with Crippen LogP contribution in [0.3, 0.4) is 0 Å². The fourth-order valence-electron chi connectivity index (χ4n) is 1.26. The zero-order valence-electron chi connectivity index (χ0n) is 8.97. The normalized spacial score (nSPS) is 12.2. The van der Waals surface area contributed by atoms with Gasteiger partial charge in [-0.1, -0.05) is 13.3 Å². The van der Waals surface area contributed by atoms with Gasteiger partial charge in [0.25, 0.3) is 0 Å². The van der Waals surface area contributed by atoms with Gasteiger partial charge in [-0.25, -0.2) is 8.78 Å². The summed E-state index contributed by atoms with van der Waals surface area (Å²) in [6, 6.07) is 2.16. The standard InChI is InChI=1S/C11H14F2N2O/c1-2-3-9(14)11(16)15-10-6-7(12)4-5-8(10)13/h4-6,9H,2-3,14H2,1H3,(H,15,16)/t9-/m0/s1. The molecule has 3 N–H and O–H groups in total. The Bertz CT molecular complexity index is 382. The van der Waals surface area contributed by atoms with Crippen molar-refractivity contribution >= 4 is 11.6 Å². The average molecular weight is 228 g/mol. The molecule has 1 atom stereocenters. The van der Waals surface area contributed by atoms with E-state index in [0.29, 0.717) is 6.42 Å². The Labute approximate surface area is 92.6 Å². The summed E-state index contributed by atoms with van der Waals surface area (Å²) in [5.41, 5.74) is 5.35. The van der Waals surface area contributed by atoms with Crippen molar-refractivity contribution in [1.82, 2.24) is 0 Å². The molecule has 0 radical (unpaired) electrons. The van der Waals surface area contributed by atoms with Crippen LogP contribution < -0.4 is 11.1 Å². The minimum absolute atomic E-state index is 0.184. The van der Waals surface area contributed by atoms with Crippen molar-refractivity contribution in [1.29, 1.82) is 0 Å². The summed E-state index contributed by atoms with van der Waals surface area (Å²) in [5, 5.41) is 2.26. The number of benzene rings is 1. The molecule has 88 valence electrons. The summed E-state index contributed by atoms with van der Waals surface area (Å²) < 4.78 is 26.0. The number of halogens is 2. The van der Waals surface area contributed by atoms with Gasteiger partial charge in [-0.2, -0.15) is 0 Å². The van der Waals surface area contributed by atoms with Crippen LogP contribution in [0, 0.1) is 11.6 Å². The molecule has 3 nitrogen and oxygen atoms in total. The number of hydrogen-bond donors (Lipinski definition) is 2. The second-order valence-corrected chi connectivity index (χ2v) is 3.51. The summed E-state index contributed by atoms with van der Waals surface area (Å²) in [6.45, 7) is 1.88. The van der Waals surface area contributed by atoms with Crippen LogP contribution in [0.5, 0.6) is 0 Å². The molecule has 0 aliphatic heterocycles. The van der Waals surface area contributed by atoms with Crippen molar-refractivity contribution in [2.24, 2.45) is 5.73 Å². The molecule has 0 unspecified atom stereocenters. The van der Waals surface area contributed by atoms with E-state index in [4.69, 9.17) is 5.73 Å². The molecule has 1 amide bonds. The fourth-order valence-corrected chi connectivity index (χ4v) is 1.26. The molecule has 5 heteroatoms. The van der Waals surface area contributed by atoms with Gasteiger partial charge in [0.1, 0.15) is 11.6 Å². The van der Waals surface area contributed by atoms with Gasteiger partial charge in [0, 0.05) is 6.07 Å². The minimum Gasteiger partial charge on any atom is -0.322 e. The molecule has 1 aromatic rings. The van der Waals surface area contributed by atoms with Crippen LogP contribution in [-0.2, 0) is 4.79 Å². The van der Waals surface area contributed by atoms with Crippen LogP contribution in [0.15, 0.2) is 18.2 Å². The fraction of sp³-hybridized carbons (Fsp3) is 0.364. The quantitative estimate of drug-likeness (QED) is 0.828. The van der Waals surface area contributed by atoms with Crippen LogP contribution in [0.25, 0.3) is 0 Å². The zero-order valence-corrected chi connectivity index (χ0v) is 8.97. The van der Waals surface area contributed by atoms with E-state index < -0.39 is 23.6 Å². The molecule has 1 aromatic carbocycles. The third kappa shape index (κ3) is 3.27. The molecule has 16 heavy (non-hydrogen) atoms. The van der Waals surface area contributed by atoms with Crippen molar-refractivity contribution in [2.45, 2.75) is 25.8 Å². The number of anilines is 1. The highest BCUT2D eigenvalue weighted by Gasteiger charge is 2.14. The molecular formula is C11H14F2N2O. The summed E-state index contributed by atoms with van der Waals surface area (Å²) in [7, 11) is 0. The first-order valence-electron chi connectivity index (χ1n) is 5.06. The van der Waals surface area contributed by atoms with Gasteiger partial charge in [-0.15, -0.1) is 0 Å². The number of rotatable bonds is 4. The Kier molecular flexibility index (Phi) is 4.37. The highest BCUT2D eigenvalue weighted by Crippen LogP contribution is 2.15. The van der Waals surface area contributed by atoms with E-state index in [1.54, 1.807) is 0 Å². The number of hydrogen-bond acceptors (Lipinski definition) is 2. The Morgan fingerprint density at radius 1 is 1.50 bits per heavy atom. The lowest BCUT2D eigenvalue weighted by Gasteiger charge is -2.11. The molecular weight excluding hydrogens is 214 g/mol. The number of carbonyl (C=O) groups is 1. The Hall–Kier alpha value is -1.49. The van der Waals surface area contributed by atoms with Gasteiger partial charge < -0.3 is 11.1 Å². The lowest BCUT2D eigenvalue weighted by molar-refractivity contribution is -0.117. The van der Waals surface area contributed by atoms with Gasteiger partial charge >= 0.3 is 0 Å². The first-order valence-corrected chi connectivity index (χ1v) is 5.06. The molecule has 0 aromatic heterocycles. The Balaban J connectivity index is 2.72. The maximum absolute atomic E-state index is 13.2. The zero-order chi connectivity index (χ0) is 12.1. The SMILES string of the molecule is CCC[C@H](N)C(=O)Nc1cc(F)ccc1F. The maximum Gasteiger partial charge on any atom is 0.241 e. The maximum atomic E-state index is 13.2. The van der Waals surface area contributed by atoms with Crippen molar-refractivity contribution < 1.29 is 13.6 Å². The molecule has 1 rings (SSSR count). The predicted octanol–water partition coefficient (Wildman–Crippen LogP) is 2.03. The Morgan fingerprint density at radius 2 is 2.19 bits per heavy atom. The summed E-state index contributed by atoms with van der Waals surface area (Å²) in [6.07, 6.45) is 1.25. The number of nitrogens with one attached hydrogen (secondary N) is 1. The first kappa shape index (κ1) is 12.6. The van der Waals surface area contributed by atoms with Gasteiger partial charge in [0.15, 0.2) is 0 Å². The van der Waals surface area contributed by atoms with Gasteiger partial charge in [-0.3, -0.25) is 4.79 Å². The van der Waals surface area contributed by atoms with Crippen LogP contribution in [0.2, 0.25) is 0 Å². The molecule has 0 bridgehead atoms. The molecule has 0 spiro atoms. The summed E-state index contributed by atoms with van der Waals surface area (Å²) in [4.78, 5) is 11.4. The molecule has 0 aliphatic rings. The van der Waals surface area contributed by atoms with E-state index in [-0.39, 0.29) is 5.69 Å². The lowest BCUT2D eigenvalue weighted by Crippen LogP contribution is -2.35. The van der Waals surface area contributed by atoms with Crippen LogP contribution in [-0.4, -0.2) is 11.9 Å². The monoisotopic (exact) mass is 228 g/mol. The van der Waals surface area contributed by atoms with Gasteiger partial charge in [-0.05, 0) is 18.6 Å². The average Bonchev–Trinajstić information content (AvgIpc) is 2.23. The molecule has 0 aliphatic carbocycles. The topological polar surface area (TPSA) is 55.1 Å². The van der Waals surface area contributed by atoms with E-state index in [1.807, 2.05) is 6.92 Å². The van der Waals surface area contributed by atoms with Gasteiger partial charge in [0.2, 0.25) is 5.91 Å². The molecule has 0 heterocycles. The number of carbonyl (C=O) groups excluding carboxylic acids is 1. The molecule has 0 fully saturated rings. The highest BCUT2D eigenvalue weighted by molar-refractivity contribution is 5.94. The van der Waals surface area contributed by atoms with Crippen molar-refractivity contribution in [3.05, 3.63) is 29.8 Å². The predicted molar refractivity (Wildman–Crippen MR) is 57.9 cm³/mol. The van der Waals surface area contributed by atoms with E-state index in [1.165, 1.54) is 0 Å². The van der Waals surface area contributed by atoms with E-state index in [0.717, 1.165) is 24.6 Å². The first-order chi connectivity index (χ1) is 7.54.